The molecule has 0 unspecified atom stereocenters. The van der Waals surface area contributed by atoms with Gasteiger partial charge in [-0.1, -0.05) is 31.5 Å². The van der Waals surface area contributed by atoms with Crippen molar-refractivity contribution in [1.29, 1.82) is 0 Å². The number of nitrogens with zero attached hydrogens (tertiary/aromatic N) is 1. The standard InChI is InChI=1S/C15H16FNO/c1-2-5-13-8-7-12(10-14(13)16)11-18-15-6-3-4-9-17-15/h3-4,6-10H,2,5,11H2,1H3. The molecule has 1 heterocycles. The van der Waals surface area contributed by atoms with E-state index in [2.05, 4.69) is 4.98 Å². The van der Waals surface area contributed by atoms with E-state index in [4.69, 9.17) is 4.74 Å². The predicted molar refractivity (Wildman–Crippen MR) is 69.0 cm³/mol. The fraction of sp³-hybridized carbons (Fsp3) is 0.267. The molecular formula is C15H16FNO. The molecule has 0 saturated carbocycles. The summed E-state index contributed by atoms with van der Waals surface area (Å²) in [6.45, 7) is 2.37. The van der Waals surface area contributed by atoms with Crippen molar-refractivity contribution in [3.63, 3.8) is 0 Å². The molecule has 1 aromatic carbocycles. The van der Waals surface area contributed by atoms with Gasteiger partial charge in [0.05, 0.1) is 0 Å². The van der Waals surface area contributed by atoms with Gasteiger partial charge in [0.25, 0.3) is 0 Å². The Balaban J connectivity index is 2.00. The molecule has 2 rings (SSSR count). The van der Waals surface area contributed by atoms with Crippen LogP contribution in [0.25, 0.3) is 0 Å². The van der Waals surface area contributed by atoms with E-state index in [-0.39, 0.29) is 5.82 Å². The Kier molecular flexibility index (Phi) is 4.29. The van der Waals surface area contributed by atoms with Gasteiger partial charge in [0.1, 0.15) is 12.4 Å². The van der Waals surface area contributed by atoms with Crippen molar-refractivity contribution in [2.24, 2.45) is 0 Å². The fourth-order valence-corrected chi connectivity index (χ4v) is 1.74. The molecular weight excluding hydrogens is 229 g/mol. The minimum atomic E-state index is -0.154. The number of halogens is 1. The zero-order chi connectivity index (χ0) is 12.8. The van der Waals surface area contributed by atoms with Gasteiger partial charge in [0, 0.05) is 12.3 Å². The maximum atomic E-state index is 13.7. The van der Waals surface area contributed by atoms with Gasteiger partial charge in [0.15, 0.2) is 0 Å². The summed E-state index contributed by atoms with van der Waals surface area (Å²) >= 11 is 0. The van der Waals surface area contributed by atoms with Gasteiger partial charge in [-0.2, -0.15) is 0 Å². The van der Waals surface area contributed by atoms with E-state index in [0.717, 1.165) is 24.0 Å². The van der Waals surface area contributed by atoms with Crippen molar-refractivity contribution in [3.8, 4) is 5.88 Å². The molecule has 0 radical (unpaired) electrons. The van der Waals surface area contributed by atoms with E-state index >= 15 is 0 Å². The highest BCUT2D eigenvalue weighted by molar-refractivity contribution is 5.24. The topological polar surface area (TPSA) is 22.1 Å². The van der Waals surface area contributed by atoms with Crippen LogP contribution < -0.4 is 4.74 Å². The zero-order valence-electron chi connectivity index (χ0n) is 10.4. The number of aryl methyl sites for hydroxylation is 1. The van der Waals surface area contributed by atoms with E-state index in [1.54, 1.807) is 12.3 Å². The lowest BCUT2D eigenvalue weighted by Gasteiger charge is -2.07. The molecule has 94 valence electrons. The highest BCUT2D eigenvalue weighted by Gasteiger charge is 2.03. The Morgan fingerprint density at radius 3 is 2.78 bits per heavy atom. The van der Waals surface area contributed by atoms with Crippen LogP contribution in [0.15, 0.2) is 42.6 Å². The summed E-state index contributed by atoms with van der Waals surface area (Å²) < 4.78 is 19.2. The first-order valence-corrected chi connectivity index (χ1v) is 6.10. The molecule has 0 N–H and O–H groups in total. The lowest BCUT2D eigenvalue weighted by molar-refractivity contribution is 0.293. The Morgan fingerprint density at radius 1 is 1.22 bits per heavy atom. The van der Waals surface area contributed by atoms with Crippen molar-refractivity contribution in [2.45, 2.75) is 26.4 Å². The van der Waals surface area contributed by atoms with Crippen molar-refractivity contribution in [1.82, 2.24) is 4.98 Å². The second-order valence-corrected chi connectivity index (χ2v) is 4.13. The van der Waals surface area contributed by atoms with Gasteiger partial charge in [-0.3, -0.25) is 0 Å². The largest absolute Gasteiger partial charge is 0.473 e. The molecule has 18 heavy (non-hydrogen) atoms. The number of aromatic nitrogens is 1. The summed E-state index contributed by atoms with van der Waals surface area (Å²) in [6, 6.07) is 10.7. The van der Waals surface area contributed by atoms with Crippen molar-refractivity contribution in [3.05, 3.63) is 59.5 Å². The SMILES string of the molecule is CCCc1ccc(COc2ccccn2)cc1F. The molecule has 1 aromatic heterocycles. The molecule has 0 bridgehead atoms. The van der Waals surface area contributed by atoms with Crippen LogP contribution in [0.2, 0.25) is 0 Å². The summed E-state index contributed by atoms with van der Waals surface area (Å²) in [5.74, 6) is 0.398. The fourth-order valence-electron chi connectivity index (χ4n) is 1.74. The predicted octanol–water partition coefficient (Wildman–Crippen LogP) is 3.75. The summed E-state index contributed by atoms with van der Waals surface area (Å²) in [5.41, 5.74) is 1.58. The lowest BCUT2D eigenvalue weighted by atomic mass is 10.1. The Hall–Kier alpha value is -1.90. The monoisotopic (exact) mass is 245 g/mol. The van der Waals surface area contributed by atoms with Crippen LogP contribution in [0.1, 0.15) is 24.5 Å². The van der Waals surface area contributed by atoms with Crippen molar-refractivity contribution < 1.29 is 9.13 Å². The maximum Gasteiger partial charge on any atom is 0.213 e. The highest BCUT2D eigenvalue weighted by Crippen LogP contribution is 2.14. The van der Waals surface area contributed by atoms with Gasteiger partial charge < -0.3 is 4.74 Å². The number of ether oxygens (including phenoxy) is 1. The molecule has 2 aromatic rings. The molecule has 0 atom stereocenters. The van der Waals surface area contributed by atoms with Crippen LogP contribution >= 0.6 is 0 Å². The zero-order valence-corrected chi connectivity index (χ0v) is 10.4. The van der Waals surface area contributed by atoms with Gasteiger partial charge in [-0.05, 0) is 29.7 Å². The van der Waals surface area contributed by atoms with Gasteiger partial charge in [-0.25, -0.2) is 9.37 Å². The van der Waals surface area contributed by atoms with Crippen molar-refractivity contribution in [2.75, 3.05) is 0 Å². The highest BCUT2D eigenvalue weighted by atomic mass is 19.1. The molecule has 0 amide bonds. The van der Waals surface area contributed by atoms with Gasteiger partial charge in [-0.15, -0.1) is 0 Å². The molecule has 0 spiro atoms. The van der Waals surface area contributed by atoms with E-state index in [1.165, 1.54) is 6.07 Å². The number of benzene rings is 1. The first-order valence-electron chi connectivity index (χ1n) is 6.10. The van der Waals surface area contributed by atoms with Crippen LogP contribution in [0.3, 0.4) is 0 Å². The van der Waals surface area contributed by atoms with E-state index < -0.39 is 0 Å². The number of hydrogen-bond donors (Lipinski definition) is 0. The first-order chi connectivity index (χ1) is 8.79. The Bertz CT molecular complexity index is 499. The second-order valence-electron chi connectivity index (χ2n) is 4.13. The normalized spacial score (nSPS) is 10.3. The number of rotatable bonds is 5. The molecule has 0 fully saturated rings. The Morgan fingerprint density at radius 2 is 2.11 bits per heavy atom. The van der Waals surface area contributed by atoms with E-state index in [9.17, 15) is 4.39 Å². The number of pyridine rings is 1. The summed E-state index contributed by atoms with van der Waals surface area (Å²) in [6.07, 6.45) is 3.38. The average molecular weight is 245 g/mol. The molecule has 0 aliphatic heterocycles. The maximum absolute atomic E-state index is 13.7. The summed E-state index contributed by atoms with van der Waals surface area (Å²) in [5, 5.41) is 0. The second kappa shape index (κ2) is 6.15. The molecule has 3 heteroatoms. The minimum Gasteiger partial charge on any atom is -0.473 e. The van der Waals surface area contributed by atoms with Crippen LogP contribution in [0, 0.1) is 5.82 Å². The van der Waals surface area contributed by atoms with E-state index in [0.29, 0.717) is 12.5 Å². The summed E-state index contributed by atoms with van der Waals surface area (Å²) in [4.78, 5) is 4.05. The van der Waals surface area contributed by atoms with Crippen molar-refractivity contribution >= 4 is 0 Å². The summed E-state index contributed by atoms with van der Waals surface area (Å²) in [7, 11) is 0. The first kappa shape index (κ1) is 12.6. The van der Waals surface area contributed by atoms with Crippen LogP contribution in [0.5, 0.6) is 5.88 Å². The van der Waals surface area contributed by atoms with Gasteiger partial charge >= 0.3 is 0 Å². The quantitative estimate of drug-likeness (QED) is 0.800. The third-order valence-corrected chi connectivity index (χ3v) is 2.66. The van der Waals surface area contributed by atoms with E-state index in [1.807, 2.05) is 31.2 Å². The smallest absolute Gasteiger partial charge is 0.213 e. The molecule has 2 nitrogen and oxygen atoms in total. The average Bonchev–Trinajstić information content (AvgIpc) is 2.41. The lowest BCUT2D eigenvalue weighted by Crippen LogP contribution is -1.99. The third-order valence-electron chi connectivity index (χ3n) is 2.66. The van der Waals surface area contributed by atoms with Crippen LogP contribution in [-0.4, -0.2) is 4.98 Å². The van der Waals surface area contributed by atoms with Crippen LogP contribution in [-0.2, 0) is 13.0 Å². The Labute approximate surface area is 106 Å². The van der Waals surface area contributed by atoms with Crippen LogP contribution in [0.4, 0.5) is 4.39 Å². The minimum absolute atomic E-state index is 0.154. The molecule has 0 saturated heterocycles. The third kappa shape index (κ3) is 3.29. The number of hydrogen-bond acceptors (Lipinski definition) is 2. The molecule has 0 aliphatic carbocycles. The van der Waals surface area contributed by atoms with Gasteiger partial charge in [0.2, 0.25) is 5.88 Å². The molecule has 0 aliphatic rings.